The number of rotatable bonds is 5. The maximum atomic E-state index is 11.2. The third-order valence-corrected chi connectivity index (χ3v) is 4.61. The van der Waals surface area contributed by atoms with Crippen LogP contribution < -0.4 is 0 Å². The van der Waals surface area contributed by atoms with Gasteiger partial charge in [0.15, 0.2) is 0 Å². The summed E-state index contributed by atoms with van der Waals surface area (Å²) in [6, 6.07) is 10.3. The van der Waals surface area contributed by atoms with E-state index in [4.69, 9.17) is 0 Å². The number of hydrogen-bond acceptors (Lipinski definition) is 4. The van der Waals surface area contributed by atoms with Crippen LogP contribution in [0.4, 0.5) is 0 Å². The number of nitrogens with zero attached hydrogens (tertiary/aromatic N) is 1. The van der Waals surface area contributed by atoms with Crippen LogP contribution in [-0.2, 0) is 21.4 Å². The Kier molecular flexibility index (Phi) is 4.55. The molecule has 0 radical (unpaired) electrons. The Bertz CT molecular complexity index is 575. The van der Waals surface area contributed by atoms with E-state index < -0.39 is 0 Å². The molecule has 1 heterocycles. The molecule has 0 amide bonds. The van der Waals surface area contributed by atoms with Crippen molar-refractivity contribution in [3.8, 4) is 0 Å². The largest absolute Gasteiger partial charge is 0.469 e. The SMILES string of the molecule is COC(=O)CCc1csc(C(C)(C)c2ccccc2)n1. The maximum Gasteiger partial charge on any atom is 0.305 e. The molecule has 0 N–H and O–H groups in total. The van der Waals surface area contributed by atoms with E-state index in [0.29, 0.717) is 12.8 Å². The van der Waals surface area contributed by atoms with Crippen molar-refractivity contribution in [2.24, 2.45) is 0 Å². The minimum atomic E-state index is -0.193. The third kappa shape index (κ3) is 3.25. The second-order valence-electron chi connectivity index (χ2n) is 5.21. The first-order valence-corrected chi connectivity index (χ1v) is 7.49. The molecule has 0 aliphatic rings. The van der Waals surface area contributed by atoms with Gasteiger partial charge in [-0.3, -0.25) is 4.79 Å². The molecule has 0 saturated carbocycles. The van der Waals surface area contributed by atoms with Crippen LogP contribution in [0.25, 0.3) is 0 Å². The Morgan fingerprint density at radius 2 is 2.00 bits per heavy atom. The number of hydrogen-bond donors (Lipinski definition) is 0. The summed E-state index contributed by atoms with van der Waals surface area (Å²) in [6.07, 6.45) is 1.01. The lowest BCUT2D eigenvalue weighted by atomic mass is 9.85. The second-order valence-corrected chi connectivity index (χ2v) is 6.07. The highest BCUT2D eigenvalue weighted by Crippen LogP contribution is 2.33. The second kappa shape index (κ2) is 6.18. The summed E-state index contributed by atoms with van der Waals surface area (Å²) in [5.41, 5.74) is 2.09. The van der Waals surface area contributed by atoms with Crippen LogP contribution in [0.2, 0.25) is 0 Å². The average Bonchev–Trinajstić information content (AvgIpc) is 2.95. The number of ether oxygens (including phenoxy) is 1. The molecule has 1 aromatic heterocycles. The van der Waals surface area contributed by atoms with Crippen molar-refractivity contribution in [3.05, 3.63) is 52.0 Å². The molecule has 106 valence electrons. The summed E-state index contributed by atoms with van der Waals surface area (Å²) in [6.45, 7) is 4.34. The smallest absolute Gasteiger partial charge is 0.305 e. The van der Waals surface area contributed by atoms with Gasteiger partial charge in [-0.25, -0.2) is 4.98 Å². The number of benzene rings is 1. The number of carbonyl (C=O) groups is 1. The van der Waals surface area contributed by atoms with Crippen molar-refractivity contribution >= 4 is 17.3 Å². The molecule has 0 fully saturated rings. The van der Waals surface area contributed by atoms with Crippen molar-refractivity contribution in [2.45, 2.75) is 32.1 Å². The first-order chi connectivity index (χ1) is 9.54. The molecule has 1 aromatic carbocycles. The normalized spacial score (nSPS) is 11.3. The fourth-order valence-electron chi connectivity index (χ4n) is 2.02. The number of carbonyl (C=O) groups excluding carboxylic acids is 1. The third-order valence-electron chi connectivity index (χ3n) is 3.39. The van der Waals surface area contributed by atoms with E-state index in [1.165, 1.54) is 12.7 Å². The standard InChI is InChI=1S/C16H19NO2S/c1-16(2,12-7-5-4-6-8-12)15-17-13(11-20-15)9-10-14(18)19-3/h4-8,11H,9-10H2,1-3H3. The Labute approximate surface area is 123 Å². The molecule has 3 nitrogen and oxygen atoms in total. The quantitative estimate of drug-likeness (QED) is 0.790. The number of aromatic nitrogens is 1. The van der Waals surface area contributed by atoms with Gasteiger partial charge in [0, 0.05) is 17.2 Å². The lowest BCUT2D eigenvalue weighted by Gasteiger charge is -2.22. The lowest BCUT2D eigenvalue weighted by Crippen LogP contribution is -2.18. The molecule has 0 saturated heterocycles. The zero-order valence-electron chi connectivity index (χ0n) is 12.1. The predicted molar refractivity (Wildman–Crippen MR) is 81.0 cm³/mol. The van der Waals surface area contributed by atoms with Crippen molar-refractivity contribution in [2.75, 3.05) is 7.11 Å². The van der Waals surface area contributed by atoms with Crippen LogP contribution >= 0.6 is 11.3 Å². The van der Waals surface area contributed by atoms with Gasteiger partial charge < -0.3 is 4.74 Å². The Balaban J connectivity index is 2.14. The molecule has 2 aromatic rings. The molecule has 4 heteroatoms. The molecule has 0 aliphatic heterocycles. The van der Waals surface area contributed by atoms with Crippen molar-refractivity contribution in [3.63, 3.8) is 0 Å². The monoisotopic (exact) mass is 289 g/mol. The van der Waals surface area contributed by atoms with Crippen LogP contribution in [-0.4, -0.2) is 18.1 Å². The van der Waals surface area contributed by atoms with E-state index in [1.54, 1.807) is 11.3 Å². The highest BCUT2D eigenvalue weighted by molar-refractivity contribution is 7.09. The Hall–Kier alpha value is -1.68. The molecule has 2 rings (SSSR count). The fraction of sp³-hybridized carbons (Fsp3) is 0.375. The van der Waals surface area contributed by atoms with Gasteiger partial charge in [-0.15, -0.1) is 11.3 Å². The molecule has 0 bridgehead atoms. The van der Waals surface area contributed by atoms with Gasteiger partial charge in [-0.05, 0) is 19.4 Å². The number of aryl methyl sites for hydroxylation is 1. The Morgan fingerprint density at radius 1 is 1.30 bits per heavy atom. The van der Waals surface area contributed by atoms with Crippen LogP contribution in [0.15, 0.2) is 35.7 Å². The lowest BCUT2D eigenvalue weighted by molar-refractivity contribution is -0.140. The maximum absolute atomic E-state index is 11.2. The topological polar surface area (TPSA) is 39.2 Å². The molecule has 0 aliphatic carbocycles. The van der Waals surface area contributed by atoms with Crippen LogP contribution in [0.5, 0.6) is 0 Å². The first-order valence-electron chi connectivity index (χ1n) is 6.61. The molecule has 0 unspecified atom stereocenters. The van der Waals surface area contributed by atoms with E-state index in [-0.39, 0.29) is 11.4 Å². The zero-order chi connectivity index (χ0) is 14.6. The zero-order valence-corrected chi connectivity index (χ0v) is 12.9. The highest BCUT2D eigenvalue weighted by atomic mass is 32.1. The molecule has 20 heavy (non-hydrogen) atoms. The number of thiazole rings is 1. The van der Waals surface area contributed by atoms with Crippen molar-refractivity contribution in [1.82, 2.24) is 4.98 Å². The first kappa shape index (κ1) is 14.7. The van der Waals surface area contributed by atoms with Crippen LogP contribution in [0.1, 0.15) is 36.5 Å². The minimum absolute atomic E-state index is 0.116. The summed E-state index contributed by atoms with van der Waals surface area (Å²) in [7, 11) is 1.41. The van der Waals surface area contributed by atoms with Gasteiger partial charge in [-0.1, -0.05) is 30.3 Å². The fourth-order valence-corrected chi connectivity index (χ4v) is 3.02. The van der Waals surface area contributed by atoms with E-state index in [1.807, 2.05) is 23.6 Å². The van der Waals surface area contributed by atoms with E-state index in [0.717, 1.165) is 10.7 Å². The summed E-state index contributed by atoms with van der Waals surface area (Å²) < 4.78 is 4.65. The molecular weight excluding hydrogens is 270 g/mol. The number of methoxy groups -OCH3 is 1. The predicted octanol–water partition coefficient (Wildman–Crippen LogP) is 3.57. The van der Waals surface area contributed by atoms with Gasteiger partial charge in [0.2, 0.25) is 0 Å². The summed E-state index contributed by atoms with van der Waals surface area (Å²) in [5.74, 6) is -0.193. The average molecular weight is 289 g/mol. The number of esters is 1. The minimum Gasteiger partial charge on any atom is -0.469 e. The summed E-state index contributed by atoms with van der Waals surface area (Å²) >= 11 is 1.65. The van der Waals surface area contributed by atoms with Gasteiger partial charge in [0.25, 0.3) is 0 Å². The van der Waals surface area contributed by atoms with Crippen LogP contribution in [0.3, 0.4) is 0 Å². The highest BCUT2D eigenvalue weighted by Gasteiger charge is 2.26. The van der Waals surface area contributed by atoms with Gasteiger partial charge in [0.1, 0.15) is 5.01 Å². The van der Waals surface area contributed by atoms with Crippen molar-refractivity contribution < 1.29 is 9.53 Å². The van der Waals surface area contributed by atoms with Crippen LogP contribution in [0, 0.1) is 0 Å². The molecular formula is C16H19NO2S. The van der Waals surface area contributed by atoms with Gasteiger partial charge in [-0.2, -0.15) is 0 Å². The van der Waals surface area contributed by atoms with Gasteiger partial charge in [0.05, 0.1) is 19.2 Å². The van der Waals surface area contributed by atoms with E-state index in [2.05, 4.69) is 35.7 Å². The van der Waals surface area contributed by atoms with Gasteiger partial charge >= 0.3 is 5.97 Å². The van der Waals surface area contributed by atoms with Crippen molar-refractivity contribution in [1.29, 1.82) is 0 Å². The summed E-state index contributed by atoms with van der Waals surface area (Å²) in [4.78, 5) is 15.8. The molecule has 0 atom stereocenters. The van der Waals surface area contributed by atoms with E-state index in [9.17, 15) is 4.79 Å². The van der Waals surface area contributed by atoms with E-state index >= 15 is 0 Å². The summed E-state index contributed by atoms with van der Waals surface area (Å²) in [5, 5.41) is 3.10. The molecule has 0 spiro atoms. The Morgan fingerprint density at radius 3 is 2.65 bits per heavy atom.